The van der Waals surface area contributed by atoms with Crippen molar-refractivity contribution in [2.45, 2.75) is 59.3 Å². The Bertz CT molecular complexity index is 422. The van der Waals surface area contributed by atoms with Crippen molar-refractivity contribution in [3.63, 3.8) is 0 Å². The fourth-order valence-corrected chi connectivity index (χ4v) is 3.85. The molecule has 0 aliphatic heterocycles. The molecule has 1 aliphatic rings. The van der Waals surface area contributed by atoms with Crippen LogP contribution in [0.4, 0.5) is 0 Å². The minimum Gasteiger partial charge on any atom is -0.492 e. The van der Waals surface area contributed by atoms with Gasteiger partial charge in [-0.3, -0.25) is 0 Å². The van der Waals surface area contributed by atoms with E-state index in [2.05, 4.69) is 45.5 Å². The van der Waals surface area contributed by atoms with Gasteiger partial charge in [-0.15, -0.1) is 0 Å². The lowest BCUT2D eigenvalue weighted by Crippen LogP contribution is -2.30. The second kappa shape index (κ2) is 6.89. The van der Waals surface area contributed by atoms with Crippen molar-refractivity contribution in [1.82, 2.24) is 0 Å². The Hall–Kier alpha value is -0.630. The summed E-state index contributed by atoms with van der Waals surface area (Å²) >= 11 is 4.63. The molecule has 0 heterocycles. The van der Waals surface area contributed by atoms with Crippen LogP contribution in [0.3, 0.4) is 0 Å². The molecule has 0 radical (unpaired) electrons. The first-order valence-electron chi connectivity index (χ1n) is 7.88. The van der Waals surface area contributed by atoms with Crippen LogP contribution in [-0.2, 0) is 0 Å². The second-order valence-electron chi connectivity index (χ2n) is 6.59. The fraction of sp³-hybridized carbons (Fsp3) is 0.667. The molecule has 20 heavy (non-hydrogen) atoms. The van der Waals surface area contributed by atoms with Crippen LogP contribution in [0.25, 0.3) is 0 Å². The fourth-order valence-electron chi connectivity index (χ4n) is 3.45. The highest BCUT2D eigenvalue weighted by atomic mass is 32.1. The highest BCUT2D eigenvalue weighted by Gasteiger charge is 2.30. The maximum atomic E-state index is 6.26. The van der Waals surface area contributed by atoms with Crippen molar-refractivity contribution in [2.75, 3.05) is 12.4 Å². The predicted molar refractivity (Wildman–Crippen MR) is 90.1 cm³/mol. The Morgan fingerprint density at radius 2 is 1.55 bits per heavy atom. The van der Waals surface area contributed by atoms with Crippen LogP contribution in [0.5, 0.6) is 5.75 Å². The van der Waals surface area contributed by atoms with Crippen molar-refractivity contribution in [3.8, 4) is 5.75 Å². The summed E-state index contributed by atoms with van der Waals surface area (Å²) in [5.74, 6) is 2.03. The summed E-state index contributed by atoms with van der Waals surface area (Å²) in [7, 11) is 0. The van der Waals surface area contributed by atoms with Gasteiger partial charge in [0.05, 0.1) is 6.61 Å². The standard InChI is InChI=1S/C18H28OS/c1-14-10-15(2)17(16(3)11-14)19-12-18(13-20)8-6-4-5-7-9-18/h10-11,20H,4-9,12-13H2,1-3H3. The zero-order valence-corrected chi connectivity index (χ0v) is 14.1. The number of benzene rings is 1. The van der Waals surface area contributed by atoms with Crippen molar-refractivity contribution in [2.24, 2.45) is 5.41 Å². The molecule has 2 heteroatoms. The first-order chi connectivity index (χ1) is 9.56. The maximum Gasteiger partial charge on any atom is 0.125 e. The first kappa shape index (κ1) is 15.8. The lowest BCUT2D eigenvalue weighted by Gasteiger charge is -2.31. The molecule has 0 saturated heterocycles. The monoisotopic (exact) mass is 292 g/mol. The molecule has 1 fully saturated rings. The molecule has 1 aromatic rings. The normalized spacial score (nSPS) is 18.6. The third-order valence-corrected chi connectivity index (χ3v) is 5.30. The largest absolute Gasteiger partial charge is 0.492 e. The molecule has 1 aromatic carbocycles. The lowest BCUT2D eigenvalue weighted by atomic mass is 9.83. The number of aryl methyl sites for hydroxylation is 3. The Balaban J connectivity index is 2.10. The van der Waals surface area contributed by atoms with Crippen LogP contribution >= 0.6 is 12.6 Å². The minimum absolute atomic E-state index is 0.281. The van der Waals surface area contributed by atoms with E-state index in [1.807, 2.05) is 0 Å². The van der Waals surface area contributed by atoms with Crippen LogP contribution in [0.2, 0.25) is 0 Å². The highest BCUT2D eigenvalue weighted by molar-refractivity contribution is 7.80. The van der Waals surface area contributed by atoms with Crippen LogP contribution < -0.4 is 4.74 Å². The molecule has 1 aliphatic carbocycles. The van der Waals surface area contributed by atoms with Gasteiger partial charge in [0.1, 0.15) is 5.75 Å². The molecule has 112 valence electrons. The van der Waals surface area contributed by atoms with Gasteiger partial charge in [-0.05, 0) is 50.5 Å². The summed E-state index contributed by atoms with van der Waals surface area (Å²) in [5.41, 5.74) is 4.10. The van der Waals surface area contributed by atoms with E-state index >= 15 is 0 Å². The third-order valence-electron chi connectivity index (χ3n) is 4.63. The summed E-state index contributed by atoms with van der Waals surface area (Å²) in [4.78, 5) is 0. The molecule has 1 saturated carbocycles. The van der Waals surface area contributed by atoms with Crippen molar-refractivity contribution >= 4 is 12.6 Å². The van der Waals surface area contributed by atoms with Crippen molar-refractivity contribution in [1.29, 1.82) is 0 Å². The average molecular weight is 292 g/mol. The van der Waals surface area contributed by atoms with Gasteiger partial charge < -0.3 is 4.74 Å². The van der Waals surface area contributed by atoms with Gasteiger partial charge in [0.15, 0.2) is 0 Å². The van der Waals surface area contributed by atoms with Crippen molar-refractivity contribution < 1.29 is 4.74 Å². The van der Waals surface area contributed by atoms with Crippen LogP contribution in [0.1, 0.15) is 55.2 Å². The zero-order chi connectivity index (χ0) is 14.6. The van der Waals surface area contributed by atoms with Gasteiger partial charge in [0.2, 0.25) is 0 Å². The second-order valence-corrected chi connectivity index (χ2v) is 6.91. The SMILES string of the molecule is Cc1cc(C)c(OCC2(CS)CCCCCC2)c(C)c1. The van der Waals surface area contributed by atoms with Crippen LogP contribution in [0, 0.1) is 26.2 Å². The molecule has 0 spiro atoms. The van der Waals surface area contributed by atoms with Gasteiger partial charge in [-0.25, -0.2) is 0 Å². The number of ether oxygens (including phenoxy) is 1. The van der Waals surface area contributed by atoms with E-state index in [0.29, 0.717) is 0 Å². The molecule has 1 nitrogen and oxygen atoms in total. The molecule has 0 aromatic heterocycles. The quantitative estimate of drug-likeness (QED) is 0.588. The Labute approximate surface area is 129 Å². The highest BCUT2D eigenvalue weighted by Crippen LogP contribution is 2.37. The van der Waals surface area contributed by atoms with Gasteiger partial charge in [0.25, 0.3) is 0 Å². The van der Waals surface area contributed by atoms with Gasteiger partial charge >= 0.3 is 0 Å². The molecular weight excluding hydrogens is 264 g/mol. The molecule has 0 unspecified atom stereocenters. The smallest absolute Gasteiger partial charge is 0.125 e. The topological polar surface area (TPSA) is 9.23 Å². The third kappa shape index (κ3) is 3.72. The molecule has 0 atom stereocenters. The summed E-state index contributed by atoms with van der Waals surface area (Å²) in [6.45, 7) is 7.26. The summed E-state index contributed by atoms with van der Waals surface area (Å²) in [6, 6.07) is 4.42. The number of thiol groups is 1. The van der Waals surface area contributed by atoms with Crippen LogP contribution in [0.15, 0.2) is 12.1 Å². The number of hydrogen-bond acceptors (Lipinski definition) is 2. The summed E-state index contributed by atoms with van der Waals surface area (Å²) in [6.07, 6.45) is 7.93. The van der Waals surface area contributed by atoms with E-state index in [9.17, 15) is 0 Å². The first-order valence-corrected chi connectivity index (χ1v) is 8.51. The summed E-state index contributed by atoms with van der Waals surface area (Å²) < 4.78 is 6.26. The van der Waals surface area contributed by atoms with Gasteiger partial charge in [-0.1, -0.05) is 43.4 Å². The molecule has 0 N–H and O–H groups in total. The molecule has 0 amide bonds. The van der Waals surface area contributed by atoms with E-state index < -0.39 is 0 Å². The lowest BCUT2D eigenvalue weighted by molar-refractivity contribution is 0.147. The Morgan fingerprint density at radius 1 is 1.00 bits per heavy atom. The number of rotatable bonds is 4. The van der Waals surface area contributed by atoms with E-state index in [-0.39, 0.29) is 5.41 Å². The average Bonchev–Trinajstić information content (AvgIpc) is 2.63. The maximum absolute atomic E-state index is 6.26. The minimum atomic E-state index is 0.281. The number of hydrogen-bond donors (Lipinski definition) is 1. The zero-order valence-electron chi connectivity index (χ0n) is 13.2. The predicted octanol–water partition coefficient (Wildman–Crippen LogP) is 5.26. The van der Waals surface area contributed by atoms with E-state index in [4.69, 9.17) is 4.74 Å². The van der Waals surface area contributed by atoms with E-state index in [0.717, 1.165) is 18.1 Å². The van der Waals surface area contributed by atoms with E-state index in [1.165, 1.54) is 55.2 Å². The van der Waals surface area contributed by atoms with Gasteiger partial charge in [0, 0.05) is 5.41 Å². The molecule has 2 rings (SSSR count). The summed E-state index contributed by atoms with van der Waals surface area (Å²) in [5, 5.41) is 0. The van der Waals surface area contributed by atoms with Gasteiger partial charge in [-0.2, -0.15) is 12.6 Å². The van der Waals surface area contributed by atoms with Crippen LogP contribution in [-0.4, -0.2) is 12.4 Å². The molecule has 0 bridgehead atoms. The molecular formula is C18H28OS. The van der Waals surface area contributed by atoms with Crippen molar-refractivity contribution in [3.05, 3.63) is 28.8 Å². The van der Waals surface area contributed by atoms with E-state index in [1.54, 1.807) is 0 Å². The Morgan fingerprint density at radius 3 is 2.05 bits per heavy atom. The Kier molecular flexibility index (Phi) is 5.42.